The molecule has 2 atom stereocenters. The van der Waals surface area contributed by atoms with Crippen molar-refractivity contribution in [1.29, 1.82) is 0 Å². The zero-order valence-electron chi connectivity index (χ0n) is 26.9. The third kappa shape index (κ3) is 6.74. The molecule has 0 saturated carbocycles. The number of carboxylic acid groups (broad SMARTS) is 1. The van der Waals surface area contributed by atoms with Crippen LogP contribution in [0.15, 0.2) is 95.7 Å². The van der Waals surface area contributed by atoms with Gasteiger partial charge in [-0.05, 0) is 72.3 Å². The number of ketones is 2. The van der Waals surface area contributed by atoms with Gasteiger partial charge in [0.1, 0.15) is 12.4 Å². The van der Waals surface area contributed by atoms with Crippen LogP contribution in [0.2, 0.25) is 0 Å². The number of fused-ring (bicyclic) bond motifs is 5. The van der Waals surface area contributed by atoms with Crippen molar-refractivity contribution in [2.45, 2.75) is 17.5 Å². The lowest BCUT2D eigenvalue weighted by Crippen LogP contribution is -2.59. The van der Waals surface area contributed by atoms with E-state index in [1.165, 1.54) is 0 Å². The Hall–Kier alpha value is -4.59. The molecule has 4 aromatic carbocycles. The maximum Gasteiger partial charge on any atom is 0.296 e. The van der Waals surface area contributed by atoms with Gasteiger partial charge >= 0.3 is 0 Å². The molecular weight excluding hydrogens is 952 g/mol. The highest BCUT2D eigenvalue weighted by Gasteiger charge is 2.70. The number of nitrogens with zero attached hydrogens (tertiary/aromatic N) is 1. The van der Waals surface area contributed by atoms with Crippen LogP contribution in [-0.4, -0.2) is 58.4 Å². The summed E-state index contributed by atoms with van der Waals surface area (Å²) in [5.41, 5.74) is 0.578. The number of amides is 3. The SMILES string of the molecule is N.O=C1Cc2ccc(Br)cc2C(=NC2(C(=O)CO)c3cc(Br)ccc3NC23C(=O)Nc2ccc(Br)cc23)N1.O=C1Nc2ccc(Br)cc2C1=O.O=CO. The predicted molar refractivity (Wildman–Crippen MR) is 209 cm³/mol. The second kappa shape index (κ2) is 15.4. The second-order valence-corrected chi connectivity index (χ2v) is 15.2. The van der Waals surface area contributed by atoms with Crippen LogP contribution in [0, 0.1) is 0 Å². The van der Waals surface area contributed by atoms with Gasteiger partial charge in [0.2, 0.25) is 5.91 Å². The number of carbonyl (C=O) groups is 6. The molecule has 0 fully saturated rings. The molecule has 4 aromatic rings. The molecule has 2 unspecified atom stereocenters. The van der Waals surface area contributed by atoms with Crippen LogP contribution in [0.4, 0.5) is 17.1 Å². The number of anilines is 3. The largest absolute Gasteiger partial charge is 0.483 e. The van der Waals surface area contributed by atoms with Gasteiger partial charge in [0.25, 0.3) is 24.1 Å². The maximum absolute atomic E-state index is 14.0. The lowest BCUT2D eigenvalue weighted by atomic mass is 9.69. The van der Waals surface area contributed by atoms with E-state index in [1.54, 1.807) is 60.7 Å². The summed E-state index contributed by atoms with van der Waals surface area (Å²) >= 11 is 13.7. The molecule has 0 saturated heterocycles. The van der Waals surface area contributed by atoms with E-state index in [-0.39, 0.29) is 30.8 Å². The van der Waals surface area contributed by atoms with Crippen LogP contribution >= 0.6 is 63.7 Å². The van der Waals surface area contributed by atoms with Crippen LogP contribution in [0.1, 0.15) is 32.6 Å². The number of Topliss-reactive ketones (excluding diaryl/α,β-unsaturated/α-hetero) is 2. The van der Waals surface area contributed by atoms with Gasteiger partial charge < -0.3 is 37.6 Å². The molecule has 14 nitrogen and oxygen atoms in total. The monoisotopic (exact) mass is 974 g/mol. The Bertz CT molecular complexity index is 2290. The van der Waals surface area contributed by atoms with Crippen molar-refractivity contribution in [3.8, 4) is 0 Å². The molecule has 0 aliphatic carbocycles. The van der Waals surface area contributed by atoms with Gasteiger partial charge in [-0.25, -0.2) is 4.99 Å². The van der Waals surface area contributed by atoms with Crippen molar-refractivity contribution in [1.82, 2.24) is 11.5 Å². The summed E-state index contributed by atoms with van der Waals surface area (Å²) in [5.74, 6) is -2.39. The van der Waals surface area contributed by atoms with Crippen LogP contribution in [0.5, 0.6) is 0 Å². The number of hydrogen-bond acceptors (Lipinski definition) is 10. The molecule has 18 heteroatoms. The Kier molecular flexibility index (Phi) is 11.5. The summed E-state index contributed by atoms with van der Waals surface area (Å²) in [6.45, 7) is -1.14. The van der Waals surface area contributed by atoms with Gasteiger partial charge in [-0.3, -0.25) is 28.8 Å². The van der Waals surface area contributed by atoms with E-state index in [0.717, 1.165) is 14.5 Å². The van der Waals surface area contributed by atoms with Crippen molar-refractivity contribution < 1.29 is 39.0 Å². The smallest absolute Gasteiger partial charge is 0.296 e. The fourth-order valence-corrected chi connectivity index (χ4v) is 8.01. The molecule has 1 spiro atoms. The van der Waals surface area contributed by atoms with Gasteiger partial charge in [0.05, 0.1) is 17.7 Å². The first-order valence-electron chi connectivity index (χ1n) is 15.0. The number of aliphatic imine (C=N–C) groups is 1. The van der Waals surface area contributed by atoms with Crippen LogP contribution in [0.25, 0.3) is 0 Å². The molecule has 4 heterocycles. The summed E-state index contributed by atoms with van der Waals surface area (Å²) in [5, 5.41) is 28.7. The third-order valence-corrected chi connectivity index (χ3v) is 10.6. The average Bonchev–Trinajstić information content (AvgIpc) is 3.67. The fourth-order valence-electron chi connectivity index (χ4n) is 6.57. The van der Waals surface area contributed by atoms with E-state index in [4.69, 9.17) is 14.9 Å². The molecule has 8 rings (SSSR count). The van der Waals surface area contributed by atoms with E-state index >= 15 is 0 Å². The fraction of sp³-hybridized carbons (Fsp3) is 0.114. The van der Waals surface area contributed by atoms with Gasteiger partial charge in [0, 0.05) is 46.0 Å². The highest BCUT2D eigenvalue weighted by molar-refractivity contribution is 9.11. The zero-order chi connectivity index (χ0) is 37.5. The Labute approximate surface area is 334 Å². The molecule has 53 heavy (non-hydrogen) atoms. The third-order valence-electron chi connectivity index (χ3n) is 8.65. The van der Waals surface area contributed by atoms with Crippen molar-refractivity contribution in [3.63, 3.8) is 0 Å². The lowest BCUT2D eigenvalue weighted by Gasteiger charge is -2.39. The molecular formula is C35H26Br4N6O8. The molecule has 3 amide bonds. The first-order chi connectivity index (χ1) is 24.8. The number of rotatable bonds is 3. The van der Waals surface area contributed by atoms with Crippen molar-refractivity contribution in [2.75, 3.05) is 22.6 Å². The molecule has 9 N–H and O–H groups in total. The predicted octanol–water partition coefficient (Wildman–Crippen LogP) is 5.57. The van der Waals surface area contributed by atoms with E-state index < -0.39 is 41.1 Å². The quantitative estimate of drug-likeness (QED) is 0.0996. The summed E-state index contributed by atoms with van der Waals surface area (Å²) in [6, 6.07) is 21.1. The van der Waals surface area contributed by atoms with Crippen molar-refractivity contribution in [3.05, 3.63) is 119 Å². The van der Waals surface area contributed by atoms with Gasteiger partial charge in [-0.2, -0.15) is 0 Å². The molecule has 4 aliphatic rings. The minimum absolute atomic E-state index is 0. The highest BCUT2D eigenvalue weighted by atomic mass is 79.9. The minimum Gasteiger partial charge on any atom is -0.483 e. The first-order valence-corrected chi connectivity index (χ1v) is 18.2. The molecule has 4 aliphatic heterocycles. The standard InChI is InChI=1S/C26H17Br3N4O4.C8H4BrNO2.CH2O2.H3N/c27-13-2-1-12-7-22(36)31-23(16(12)8-13)33-25(21(35)11-34)18-10-15(29)4-6-20(18)32-26(25)17-9-14(28)3-5-19(17)30-24(26)37;9-4-1-2-6-5(3-4)7(11)8(12)10-6;2-1-3;/h1-6,8-10,32,34H,7,11H2,(H,30,37)(H,31,33,36);1-3H,(H,10,11,12);1H,(H,2,3);1H3. The van der Waals surface area contributed by atoms with Gasteiger partial charge in [-0.15, -0.1) is 0 Å². The molecule has 272 valence electrons. The topological polar surface area (TPSA) is 238 Å². The van der Waals surface area contributed by atoms with Crippen LogP contribution in [0.3, 0.4) is 0 Å². The summed E-state index contributed by atoms with van der Waals surface area (Å²) in [6.07, 6.45) is 0.143. The molecule has 0 bridgehead atoms. The number of amidine groups is 1. The van der Waals surface area contributed by atoms with Crippen LogP contribution < -0.4 is 27.4 Å². The van der Waals surface area contributed by atoms with Gasteiger partial charge in [-0.1, -0.05) is 69.8 Å². The number of aliphatic hydroxyl groups is 1. The Morgan fingerprint density at radius 1 is 0.755 bits per heavy atom. The van der Waals surface area contributed by atoms with E-state index in [2.05, 4.69) is 85.0 Å². The highest BCUT2D eigenvalue weighted by Crippen LogP contribution is 2.59. The number of aliphatic hydroxyl groups excluding tert-OH is 1. The van der Waals surface area contributed by atoms with E-state index in [0.29, 0.717) is 48.3 Å². The number of halogens is 4. The number of benzene rings is 4. The average molecular weight is 978 g/mol. The van der Waals surface area contributed by atoms with Crippen molar-refractivity contribution in [2.24, 2.45) is 4.99 Å². The minimum atomic E-state index is -1.96. The Balaban J connectivity index is 0.000000283. The summed E-state index contributed by atoms with van der Waals surface area (Å²) < 4.78 is 2.91. The van der Waals surface area contributed by atoms with E-state index in [1.807, 2.05) is 12.1 Å². The summed E-state index contributed by atoms with van der Waals surface area (Å²) in [7, 11) is 0. The lowest BCUT2D eigenvalue weighted by molar-refractivity contribution is -0.134. The normalized spacial score (nSPS) is 20.4. The Morgan fingerprint density at radius 2 is 1.30 bits per heavy atom. The maximum atomic E-state index is 14.0. The first kappa shape index (κ1) is 39.6. The number of carbonyl (C=O) groups excluding carboxylic acids is 5. The zero-order valence-corrected chi connectivity index (χ0v) is 33.3. The Morgan fingerprint density at radius 3 is 1.94 bits per heavy atom. The second-order valence-electron chi connectivity index (χ2n) is 11.6. The molecule has 0 aromatic heterocycles. The summed E-state index contributed by atoms with van der Waals surface area (Å²) in [4.78, 5) is 76.0. The van der Waals surface area contributed by atoms with Crippen molar-refractivity contribution >= 4 is 122 Å². The van der Waals surface area contributed by atoms with Crippen LogP contribution in [-0.2, 0) is 41.5 Å². The van der Waals surface area contributed by atoms with E-state index in [9.17, 15) is 29.1 Å². The molecule has 0 radical (unpaired) electrons. The number of nitrogens with one attached hydrogen (secondary N) is 4. The number of hydrogen-bond donors (Lipinski definition) is 7. The van der Waals surface area contributed by atoms with Gasteiger partial charge in [0.15, 0.2) is 16.9 Å².